The van der Waals surface area contributed by atoms with Crippen LogP contribution in [0.15, 0.2) is 48.5 Å². The molecule has 0 aliphatic carbocycles. The van der Waals surface area contributed by atoms with Gasteiger partial charge >= 0.3 is 0 Å². The third kappa shape index (κ3) is 7.10. The molecule has 0 heterocycles. The molecule has 0 saturated heterocycles. The average molecular weight is 496 g/mol. The maximum Gasteiger partial charge on any atom is 0.244 e. The molecule has 33 heavy (non-hydrogen) atoms. The first kappa shape index (κ1) is 26.5. The number of ether oxygens (including phenoxy) is 1. The highest BCUT2D eigenvalue weighted by Crippen LogP contribution is 2.30. The van der Waals surface area contributed by atoms with Gasteiger partial charge in [0.15, 0.2) is 0 Å². The van der Waals surface area contributed by atoms with Crippen molar-refractivity contribution in [2.75, 3.05) is 37.8 Å². The normalized spacial score (nSPS) is 12.0. The van der Waals surface area contributed by atoms with Gasteiger partial charge in [-0.1, -0.05) is 48.9 Å². The number of nitrogens with zero attached hydrogens (tertiary/aromatic N) is 2. The standard InChI is InChI=1S/C23H30ClN3O5S/c1-5-20(23(29)25-2)26(14-13-17-9-7-6-8-10-17)22(28)16-27(33(4,30)31)18-11-12-21(32-3)19(24)15-18/h6-12,15,20H,5,13-14,16H2,1-4H3,(H,25,29)/t20-/m0/s1. The zero-order valence-electron chi connectivity index (χ0n) is 19.2. The van der Waals surface area contributed by atoms with Crippen molar-refractivity contribution >= 4 is 39.1 Å². The summed E-state index contributed by atoms with van der Waals surface area (Å²) in [6.45, 7) is 1.60. The summed E-state index contributed by atoms with van der Waals surface area (Å²) in [5, 5.41) is 2.81. The number of hydrogen-bond acceptors (Lipinski definition) is 5. The van der Waals surface area contributed by atoms with E-state index in [2.05, 4.69) is 5.32 Å². The van der Waals surface area contributed by atoms with Gasteiger partial charge in [0.25, 0.3) is 0 Å². The number of anilines is 1. The van der Waals surface area contributed by atoms with Crippen molar-refractivity contribution in [2.45, 2.75) is 25.8 Å². The second-order valence-electron chi connectivity index (χ2n) is 7.45. The van der Waals surface area contributed by atoms with Gasteiger partial charge in [-0.2, -0.15) is 0 Å². The Morgan fingerprint density at radius 3 is 2.33 bits per heavy atom. The van der Waals surface area contributed by atoms with Gasteiger partial charge in [0.2, 0.25) is 21.8 Å². The molecular formula is C23H30ClN3O5S. The second-order valence-corrected chi connectivity index (χ2v) is 9.76. The number of carbonyl (C=O) groups is 2. The quantitative estimate of drug-likeness (QED) is 0.517. The molecule has 0 saturated carbocycles. The SMILES string of the molecule is CC[C@@H](C(=O)NC)N(CCc1ccccc1)C(=O)CN(c1ccc(OC)c(Cl)c1)S(C)(=O)=O. The first-order valence-corrected chi connectivity index (χ1v) is 12.7. The van der Waals surface area contributed by atoms with Crippen LogP contribution in [0.1, 0.15) is 18.9 Å². The molecule has 2 aromatic rings. The maximum absolute atomic E-state index is 13.4. The number of sulfonamides is 1. The Balaban J connectivity index is 2.36. The third-order valence-corrected chi connectivity index (χ3v) is 6.66. The van der Waals surface area contributed by atoms with E-state index in [0.29, 0.717) is 18.6 Å². The summed E-state index contributed by atoms with van der Waals surface area (Å²) in [4.78, 5) is 27.3. The highest BCUT2D eigenvalue weighted by atomic mass is 35.5. The van der Waals surface area contributed by atoms with Crippen molar-refractivity contribution < 1.29 is 22.7 Å². The Morgan fingerprint density at radius 1 is 1.15 bits per heavy atom. The number of amides is 2. The number of halogens is 1. The molecular weight excluding hydrogens is 466 g/mol. The molecule has 2 amide bonds. The molecule has 10 heteroatoms. The molecule has 0 aliphatic heterocycles. The zero-order valence-corrected chi connectivity index (χ0v) is 20.8. The van der Waals surface area contributed by atoms with Gasteiger partial charge in [-0.3, -0.25) is 13.9 Å². The number of rotatable bonds is 11. The number of hydrogen-bond donors (Lipinski definition) is 1. The molecule has 1 atom stereocenters. The molecule has 2 rings (SSSR count). The Hall–Kier alpha value is -2.78. The van der Waals surface area contributed by atoms with E-state index in [9.17, 15) is 18.0 Å². The van der Waals surface area contributed by atoms with Crippen LogP contribution in [0.4, 0.5) is 5.69 Å². The van der Waals surface area contributed by atoms with Gasteiger partial charge in [0.1, 0.15) is 18.3 Å². The molecule has 0 aromatic heterocycles. The molecule has 0 spiro atoms. The highest BCUT2D eigenvalue weighted by Gasteiger charge is 2.31. The average Bonchev–Trinajstić information content (AvgIpc) is 2.79. The van der Waals surface area contributed by atoms with Crippen LogP contribution < -0.4 is 14.4 Å². The van der Waals surface area contributed by atoms with Crippen molar-refractivity contribution in [3.05, 3.63) is 59.1 Å². The van der Waals surface area contributed by atoms with Crippen molar-refractivity contribution in [3.8, 4) is 5.75 Å². The lowest BCUT2D eigenvalue weighted by Crippen LogP contribution is -2.52. The van der Waals surface area contributed by atoms with E-state index in [1.165, 1.54) is 37.3 Å². The van der Waals surface area contributed by atoms with Crippen LogP contribution in [0.25, 0.3) is 0 Å². The monoisotopic (exact) mass is 495 g/mol. The summed E-state index contributed by atoms with van der Waals surface area (Å²) in [7, 11) is -0.864. The van der Waals surface area contributed by atoms with Crippen LogP contribution in [-0.2, 0) is 26.0 Å². The molecule has 0 radical (unpaired) electrons. The lowest BCUT2D eigenvalue weighted by atomic mass is 10.1. The van der Waals surface area contributed by atoms with Crippen LogP contribution >= 0.6 is 11.6 Å². The number of carbonyl (C=O) groups excluding carboxylic acids is 2. The van der Waals surface area contributed by atoms with E-state index in [1.807, 2.05) is 30.3 Å². The maximum atomic E-state index is 13.4. The number of benzene rings is 2. The van der Waals surface area contributed by atoms with Gasteiger partial charge in [-0.15, -0.1) is 0 Å². The van der Waals surface area contributed by atoms with Crippen molar-refractivity contribution in [2.24, 2.45) is 0 Å². The fourth-order valence-corrected chi connectivity index (χ4v) is 4.58. The van der Waals surface area contributed by atoms with Crippen molar-refractivity contribution in [1.82, 2.24) is 10.2 Å². The number of nitrogens with one attached hydrogen (secondary N) is 1. The van der Waals surface area contributed by atoms with E-state index >= 15 is 0 Å². The lowest BCUT2D eigenvalue weighted by molar-refractivity contribution is -0.139. The van der Waals surface area contributed by atoms with E-state index in [-0.39, 0.29) is 23.2 Å². The van der Waals surface area contributed by atoms with Gasteiger partial charge in [-0.25, -0.2) is 8.42 Å². The van der Waals surface area contributed by atoms with Crippen LogP contribution in [0.2, 0.25) is 5.02 Å². The Kier molecular flexibility index (Phi) is 9.55. The molecule has 0 aliphatic rings. The molecule has 0 fully saturated rings. The second kappa shape index (κ2) is 11.9. The van der Waals surface area contributed by atoms with Gasteiger partial charge in [-0.05, 0) is 36.6 Å². The van der Waals surface area contributed by atoms with Crippen LogP contribution in [0, 0.1) is 0 Å². The smallest absolute Gasteiger partial charge is 0.244 e. The Bertz CT molecular complexity index is 1060. The largest absolute Gasteiger partial charge is 0.495 e. The molecule has 2 aromatic carbocycles. The van der Waals surface area contributed by atoms with Crippen molar-refractivity contribution in [3.63, 3.8) is 0 Å². The lowest BCUT2D eigenvalue weighted by Gasteiger charge is -2.32. The molecule has 0 unspecified atom stereocenters. The Labute approximate surface area is 200 Å². The Morgan fingerprint density at radius 2 is 1.82 bits per heavy atom. The number of methoxy groups -OCH3 is 1. The van der Waals surface area contributed by atoms with Crippen LogP contribution in [0.3, 0.4) is 0 Å². The topological polar surface area (TPSA) is 96.0 Å². The van der Waals surface area contributed by atoms with Gasteiger partial charge in [0, 0.05) is 13.6 Å². The fourth-order valence-electron chi connectivity index (χ4n) is 3.49. The summed E-state index contributed by atoms with van der Waals surface area (Å²) < 4.78 is 31.2. The predicted molar refractivity (Wildman–Crippen MR) is 130 cm³/mol. The summed E-state index contributed by atoms with van der Waals surface area (Å²) in [5.74, 6) is -0.411. The van der Waals surface area contributed by atoms with Crippen molar-refractivity contribution in [1.29, 1.82) is 0 Å². The molecule has 8 nitrogen and oxygen atoms in total. The summed E-state index contributed by atoms with van der Waals surface area (Å²) in [6, 6.07) is 13.3. The van der Waals surface area contributed by atoms with Crippen LogP contribution in [-0.4, -0.2) is 64.7 Å². The minimum absolute atomic E-state index is 0.217. The van der Waals surface area contributed by atoms with E-state index in [4.69, 9.17) is 16.3 Å². The number of likely N-dealkylation sites (N-methyl/N-ethyl adjacent to an activating group) is 1. The van der Waals surface area contributed by atoms with E-state index < -0.39 is 28.5 Å². The van der Waals surface area contributed by atoms with E-state index in [1.54, 1.807) is 6.92 Å². The highest BCUT2D eigenvalue weighted by molar-refractivity contribution is 7.92. The summed E-state index contributed by atoms with van der Waals surface area (Å²) >= 11 is 6.18. The first-order valence-electron chi connectivity index (χ1n) is 10.5. The summed E-state index contributed by atoms with van der Waals surface area (Å²) in [6.07, 6.45) is 1.92. The van der Waals surface area contributed by atoms with Gasteiger partial charge < -0.3 is 15.0 Å². The fraction of sp³-hybridized carbons (Fsp3) is 0.391. The minimum Gasteiger partial charge on any atom is -0.495 e. The van der Waals surface area contributed by atoms with Crippen LogP contribution in [0.5, 0.6) is 5.75 Å². The zero-order chi connectivity index (χ0) is 24.6. The predicted octanol–water partition coefficient (Wildman–Crippen LogP) is 2.71. The molecule has 180 valence electrons. The minimum atomic E-state index is -3.82. The first-order chi connectivity index (χ1) is 15.6. The third-order valence-electron chi connectivity index (χ3n) is 5.22. The molecule has 0 bridgehead atoms. The van der Waals surface area contributed by atoms with Gasteiger partial charge in [0.05, 0.1) is 24.1 Å². The summed E-state index contributed by atoms with van der Waals surface area (Å²) in [5.41, 5.74) is 1.23. The van der Waals surface area contributed by atoms with E-state index in [0.717, 1.165) is 16.1 Å². The molecule has 1 N–H and O–H groups in total.